The van der Waals surface area contributed by atoms with E-state index in [1.165, 1.54) is 13.2 Å². The summed E-state index contributed by atoms with van der Waals surface area (Å²) in [5.74, 6) is -0.821. The Morgan fingerprint density at radius 3 is 2.52 bits per heavy atom. The Bertz CT molecular complexity index is 516. The van der Waals surface area contributed by atoms with Crippen LogP contribution in [0.5, 0.6) is 0 Å². The molecule has 0 aliphatic rings. The van der Waals surface area contributed by atoms with Gasteiger partial charge in [-0.1, -0.05) is 19.9 Å². The van der Waals surface area contributed by atoms with Crippen molar-refractivity contribution in [3.63, 3.8) is 0 Å². The molecule has 1 rings (SSSR count). The van der Waals surface area contributed by atoms with Crippen LogP contribution >= 0.6 is 0 Å². The highest BCUT2D eigenvalue weighted by molar-refractivity contribution is 5.94. The van der Waals surface area contributed by atoms with Gasteiger partial charge in [0.1, 0.15) is 11.4 Å². The van der Waals surface area contributed by atoms with Gasteiger partial charge in [0.25, 0.3) is 5.91 Å². The van der Waals surface area contributed by atoms with Gasteiger partial charge >= 0.3 is 5.97 Å². The van der Waals surface area contributed by atoms with Crippen LogP contribution in [0, 0.1) is 0 Å². The van der Waals surface area contributed by atoms with Crippen molar-refractivity contribution >= 4 is 11.9 Å². The van der Waals surface area contributed by atoms with Crippen molar-refractivity contribution in [3.8, 4) is 0 Å². The molecule has 0 spiro atoms. The molecule has 1 aromatic rings. The van der Waals surface area contributed by atoms with E-state index in [0.29, 0.717) is 0 Å². The number of carbonyl (C=O) groups excluding carboxylic acids is 2. The second-order valence-corrected chi connectivity index (χ2v) is 5.44. The zero-order valence-corrected chi connectivity index (χ0v) is 14.5. The predicted octanol–water partition coefficient (Wildman–Crippen LogP) is 2.11. The summed E-state index contributed by atoms with van der Waals surface area (Å²) >= 11 is 0. The van der Waals surface area contributed by atoms with E-state index in [4.69, 9.17) is 0 Å². The van der Waals surface area contributed by atoms with E-state index in [1.54, 1.807) is 12.1 Å². The molecule has 128 valence electrons. The lowest BCUT2D eigenvalue weighted by atomic mass is 10.1. The second-order valence-electron chi connectivity index (χ2n) is 5.44. The Labute approximate surface area is 138 Å². The van der Waals surface area contributed by atoms with Gasteiger partial charge in [-0.15, -0.1) is 0 Å². The molecule has 0 aliphatic carbocycles. The topological polar surface area (TPSA) is 71.5 Å². The molecule has 1 heterocycles. The number of carbonyl (C=O) groups is 2. The highest BCUT2D eigenvalue weighted by atomic mass is 16.5. The van der Waals surface area contributed by atoms with Gasteiger partial charge in [-0.05, 0) is 51.5 Å². The summed E-state index contributed by atoms with van der Waals surface area (Å²) in [7, 11) is 1.29. The van der Waals surface area contributed by atoms with Crippen LogP contribution in [0.25, 0.3) is 0 Å². The first-order valence-corrected chi connectivity index (χ1v) is 8.10. The zero-order valence-electron chi connectivity index (χ0n) is 14.5. The first-order chi connectivity index (χ1) is 11.0. The van der Waals surface area contributed by atoms with Crippen molar-refractivity contribution in [2.45, 2.75) is 39.7 Å². The maximum absolute atomic E-state index is 12.2. The molecule has 1 atom stereocenters. The van der Waals surface area contributed by atoms with Gasteiger partial charge in [0.05, 0.1) is 7.11 Å². The zero-order chi connectivity index (χ0) is 17.2. The van der Waals surface area contributed by atoms with Gasteiger partial charge in [0.15, 0.2) is 0 Å². The summed E-state index contributed by atoms with van der Waals surface area (Å²) < 4.78 is 4.61. The summed E-state index contributed by atoms with van der Waals surface area (Å²) in [5.41, 5.74) is 0.359. The van der Waals surface area contributed by atoms with Crippen LogP contribution in [0.1, 0.15) is 54.6 Å². The first-order valence-electron chi connectivity index (χ1n) is 8.10. The smallest absolute Gasteiger partial charge is 0.356 e. The summed E-state index contributed by atoms with van der Waals surface area (Å²) in [5, 5.41) is 2.92. The lowest BCUT2D eigenvalue weighted by molar-refractivity contribution is 0.0594. The number of hydrogen-bond acceptors (Lipinski definition) is 5. The lowest BCUT2D eigenvalue weighted by Crippen LogP contribution is -2.34. The molecule has 0 radical (unpaired) electrons. The van der Waals surface area contributed by atoms with E-state index in [-0.39, 0.29) is 23.3 Å². The van der Waals surface area contributed by atoms with Crippen LogP contribution in [-0.2, 0) is 4.74 Å². The molecule has 0 saturated carbocycles. The van der Waals surface area contributed by atoms with E-state index in [2.05, 4.69) is 33.8 Å². The summed E-state index contributed by atoms with van der Waals surface area (Å²) in [6, 6.07) is 4.79. The minimum Gasteiger partial charge on any atom is -0.464 e. The monoisotopic (exact) mass is 321 g/mol. The van der Waals surface area contributed by atoms with Crippen molar-refractivity contribution in [1.82, 2.24) is 15.2 Å². The molecule has 0 saturated heterocycles. The van der Waals surface area contributed by atoms with E-state index >= 15 is 0 Å². The highest BCUT2D eigenvalue weighted by Crippen LogP contribution is 2.04. The van der Waals surface area contributed by atoms with Gasteiger partial charge < -0.3 is 15.0 Å². The fourth-order valence-electron chi connectivity index (χ4n) is 2.31. The van der Waals surface area contributed by atoms with Crippen LogP contribution in [0.2, 0.25) is 0 Å². The van der Waals surface area contributed by atoms with Gasteiger partial charge in [0, 0.05) is 6.04 Å². The maximum Gasteiger partial charge on any atom is 0.356 e. The lowest BCUT2D eigenvalue weighted by Gasteiger charge is -2.19. The van der Waals surface area contributed by atoms with E-state index in [9.17, 15) is 9.59 Å². The summed E-state index contributed by atoms with van der Waals surface area (Å²) in [6.45, 7) is 9.39. The SMILES string of the molecule is CCN(CC)CCCC(C)NC(=O)c1cccc(C(=O)OC)n1. The van der Waals surface area contributed by atoms with Crippen molar-refractivity contribution in [3.05, 3.63) is 29.6 Å². The van der Waals surface area contributed by atoms with Gasteiger partial charge in [-0.2, -0.15) is 0 Å². The largest absolute Gasteiger partial charge is 0.464 e. The Kier molecular flexibility index (Phi) is 8.26. The van der Waals surface area contributed by atoms with Gasteiger partial charge in [-0.3, -0.25) is 4.79 Å². The number of esters is 1. The van der Waals surface area contributed by atoms with Gasteiger partial charge in [-0.25, -0.2) is 9.78 Å². The average Bonchev–Trinajstić information content (AvgIpc) is 2.58. The number of methoxy groups -OCH3 is 1. The molecule has 0 aromatic carbocycles. The third-order valence-corrected chi connectivity index (χ3v) is 3.76. The van der Waals surface area contributed by atoms with E-state index in [1.807, 2.05) is 6.92 Å². The normalized spacial score (nSPS) is 12.0. The number of nitrogens with one attached hydrogen (secondary N) is 1. The molecule has 6 heteroatoms. The minimum absolute atomic E-state index is 0.0571. The molecule has 1 unspecified atom stereocenters. The number of pyridine rings is 1. The Morgan fingerprint density at radius 2 is 1.91 bits per heavy atom. The van der Waals surface area contributed by atoms with E-state index in [0.717, 1.165) is 32.5 Å². The number of rotatable bonds is 9. The second kappa shape index (κ2) is 9.94. The van der Waals surface area contributed by atoms with Crippen LogP contribution < -0.4 is 5.32 Å². The minimum atomic E-state index is -0.549. The molecule has 1 amide bonds. The third-order valence-electron chi connectivity index (χ3n) is 3.76. The fourth-order valence-corrected chi connectivity index (χ4v) is 2.31. The van der Waals surface area contributed by atoms with Crippen LogP contribution in [-0.4, -0.2) is 54.5 Å². The Hall–Kier alpha value is -1.95. The number of ether oxygens (including phenoxy) is 1. The van der Waals surface area contributed by atoms with E-state index < -0.39 is 5.97 Å². The van der Waals surface area contributed by atoms with Crippen LogP contribution in [0.3, 0.4) is 0 Å². The Morgan fingerprint density at radius 1 is 1.26 bits per heavy atom. The number of nitrogens with zero attached hydrogens (tertiary/aromatic N) is 2. The molecule has 1 N–H and O–H groups in total. The predicted molar refractivity (Wildman–Crippen MR) is 89.5 cm³/mol. The molecule has 0 bridgehead atoms. The molecule has 0 aliphatic heterocycles. The maximum atomic E-state index is 12.2. The molecule has 23 heavy (non-hydrogen) atoms. The van der Waals surface area contributed by atoms with Crippen molar-refractivity contribution in [2.24, 2.45) is 0 Å². The van der Waals surface area contributed by atoms with Crippen LogP contribution in [0.4, 0.5) is 0 Å². The standard InChI is InChI=1S/C17H27N3O3/c1-5-20(6-2)12-8-9-13(3)18-16(21)14-10-7-11-15(19-14)17(22)23-4/h7,10-11,13H,5-6,8-9,12H2,1-4H3,(H,18,21). The summed E-state index contributed by atoms with van der Waals surface area (Å²) in [4.78, 5) is 30.0. The van der Waals surface area contributed by atoms with Crippen molar-refractivity contribution in [2.75, 3.05) is 26.7 Å². The van der Waals surface area contributed by atoms with Gasteiger partial charge in [0.2, 0.25) is 0 Å². The fraction of sp³-hybridized carbons (Fsp3) is 0.588. The summed E-state index contributed by atoms with van der Waals surface area (Å²) in [6.07, 6.45) is 1.93. The van der Waals surface area contributed by atoms with Crippen LogP contribution in [0.15, 0.2) is 18.2 Å². The molecular weight excluding hydrogens is 294 g/mol. The number of hydrogen-bond donors (Lipinski definition) is 1. The Balaban J connectivity index is 2.50. The molecule has 1 aromatic heterocycles. The number of amides is 1. The molecule has 6 nitrogen and oxygen atoms in total. The third kappa shape index (κ3) is 6.36. The quantitative estimate of drug-likeness (QED) is 0.705. The first kappa shape index (κ1) is 19.1. The highest BCUT2D eigenvalue weighted by Gasteiger charge is 2.14. The average molecular weight is 321 g/mol. The van der Waals surface area contributed by atoms with Crippen molar-refractivity contribution in [1.29, 1.82) is 0 Å². The number of aromatic nitrogens is 1. The molecule has 0 fully saturated rings. The molecular formula is C17H27N3O3. The van der Waals surface area contributed by atoms with Crippen molar-refractivity contribution < 1.29 is 14.3 Å².